The van der Waals surface area contributed by atoms with Crippen LogP contribution in [0.1, 0.15) is 39.5 Å². The number of amides is 1. The number of carbonyl (C=O) groups excluding carboxylic acids is 1. The number of aromatic nitrogens is 2. The second-order valence-electron chi connectivity index (χ2n) is 6.91. The van der Waals surface area contributed by atoms with Crippen molar-refractivity contribution in [1.82, 2.24) is 14.5 Å². The molecule has 25 heavy (non-hydrogen) atoms. The Hall–Kier alpha value is -1.95. The van der Waals surface area contributed by atoms with Crippen molar-refractivity contribution < 1.29 is 4.79 Å². The number of unbranched alkanes of at least 4 members (excludes halogenated alkanes) is 2. The van der Waals surface area contributed by atoms with Gasteiger partial charge in [-0.25, -0.2) is 0 Å². The Morgan fingerprint density at radius 2 is 1.96 bits per heavy atom. The summed E-state index contributed by atoms with van der Waals surface area (Å²) in [7, 11) is 1.86. The first kappa shape index (κ1) is 19.4. The van der Waals surface area contributed by atoms with E-state index in [4.69, 9.17) is 12.2 Å². The number of nitrogens with zero attached hydrogens (tertiary/aromatic N) is 2. The average Bonchev–Trinajstić information content (AvgIpc) is 2.56. The molecule has 0 spiro atoms. The summed E-state index contributed by atoms with van der Waals surface area (Å²) >= 11 is 5.31. The molecule has 6 heteroatoms. The Balaban J connectivity index is 1.87. The van der Waals surface area contributed by atoms with Crippen LogP contribution in [0.25, 0.3) is 10.9 Å². The third-order valence-electron chi connectivity index (χ3n) is 4.23. The predicted octanol–water partition coefficient (Wildman–Crippen LogP) is 3.73. The quantitative estimate of drug-likeness (QED) is 0.576. The number of rotatable bonds is 8. The van der Waals surface area contributed by atoms with Gasteiger partial charge in [0.1, 0.15) is 0 Å². The van der Waals surface area contributed by atoms with Gasteiger partial charge in [-0.2, -0.15) is 0 Å². The van der Waals surface area contributed by atoms with Crippen LogP contribution in [0.2, 0.25) is 0 Å². The summed E-state index contributed by atoms with van der Waals surface area (Å²) in [5.74, 6) is 0.671. The molecule has 0 fully saturated rings. The van der Waals surface area contributed by atoms with E-state index in [0.717, 1.165) is 31.3 Å². The molecule has 136 valence electrons. The number of hydrogen-bond donors (Lipinski definition) is 1. The van der Waals surface area contributed by atoms with Crippen LogP contribution < -0.4 is 5.56 Å². The standard InChI is InChI=1S/C19H27N3O2S/c1-14(2)13-21(3)17(23)11-5-4-8-12-22-18(24)15-9-6-7-10-16(15)20-19(22)25/h6-7,9-10,14H,4-5,8,11-13H2,1-3H3,(H,20,25). The van der Waals surface area contributed by atoms with Gasteiger partial charge in [-0.15, -0.1) is 0 Å². The molecule has 0 saturated carbocycles. The molecule has 2 rings (SSSR count). The monoisotopic (exact) mass is 361 g/mol. The number of aromatic amines is 1. The first-order valence-corrected chi connectivity index (χ1v) is 9.26. The summed E-state index contributed by atoms with van der Waals surface area (Å²) in [6.45, 7) is 5.58. The van der Waals surface area contributed by atoms with Crippen LogP contribution in [0.15, 0.2) is 29.1 Å². The van der Waals surface area contributed by atoms with Gasteiger partial charge in [0.05, 0.1) is 10.9 Å². The van der Waals surface area contributed by atoms with Gasteiger partial charge in [0.25, 0.3) is 5.56 Å². The lowest BCUT2D eigenvalue weighted by atomic mass is 10.1. The maximum Gasteiger partial charge on any atom is 0.262 e. The summed E-state index contributed by atoms with van der Waals surface area (Å²) in [4.78, 5) is 29.5. The van der Waals surface area contributed by atoms with Crippen molar-refractivity contribution >= 4 is 29.0 Å². The van der Waals surface area contributed by atoms with Gasteiger partial charge in [-0.05, 0) is 43.1 Å². The van der Waals surface area contributed by atoms with E-state index in [2.05, 4.69) is 18.8 Å². The predicted molar refractivity (Wildman–Crippen MR) is 104 cm³/mol. The number of benzene rings is 1. The second-order valence-corrected chi connectivity index (χ2v) is 7.30. The molecule has 0 aliphatic rings. The Kier molecular flexibility index (Phi) is 6.93. The van der Waals surface area contributed by atoms with Gasteiger partial charge >= 0.3 is 0 Å². The van der Waals surface area contributed by atoms with Crippen molar-refractivity contribution in [3.63, 3.8) is 0 Å². The van der Waals surface area contributed by atoms with E-state index >= 15 is 0 Å². The van der Waals surface area contributed by atoms with Crippen molar-refractivity contribution in [2.45, 2.75) is 46.1 Å². The number of H-pyrrole nitrogens is 1. The highest BCUT2D eigenvalue weighted by molar-refractivity contribution is 7.71. The zero-order chi connectivity index (χ0) is 18.4. The molecule has 1 aromatic carbocycles. The summed E-state index contributed by atoms with van der Waals surface area (Å²) in [6, 6.07) is 7.40. The second kappa shape index (κ2) is 8.94. The smallest absolute Gasteiger partial charge is 0.262 e. The first-order chi connectivity index (χ1) is 11.9. The number of nitrogens with one attached hydrogen (secondary N) is 1. The Morgan fingerprint density at radius 1 is 1.24 bits per heavy atom. The molecule has 1 amide bonds. The fourth-order valence-electron chi connectivity index (χ4n) is 2.97. The van der Waals surface area contributed by atoms with E-state index in [0.29, 0.717) is 29.0 Å². The zero-order valence-corrected chi connectivity index (χ0v) is 16.1. The van der Waals surface area contributed by atoms with Gasteiger partial charge in [-0.1, -0.05) is 32.4 Å². The molecule has 0 radical (unpaired) electrons. The van der Waals surface area contributed by atoms with Gasteiger partial charge in [0.2, 0.25) is 5.91 Å². The Labute approximate surface area is 153 Å². The largest absolute Gasteiger partial charge is 0.346 e. The van der Waals surface area contributed by atoms with Crippen molar-refractivity contribution in [2.24, 2.45) is 5.92 Å². The zero-order valence-electron chi connectivity index (χ0n) is 15.2. The lowest BCUT2D eigenvalue weighted by Gasteiger charge is -2.19. The molecule has 0 aliphatic heterocycles. The number of hydrogen-bond acceptors (Lipinski definition) is 3. The van der Waals surface area contributed by atoms with Crippen LogP contribution in [0.3, 0.4) is 0 Å². The third kappa shape index (κ3) is 5.26. The number of carbonyl (C=O) groups is 1. The van der Waals surface area contributed by atoms with Gasteiger partial charge in [-0.3, -0.25) is 14.2 Å². The molecule has 1 N–H and O–H groups in total. The van der Waals surface area contributed by atoms with E-state index in [-0.39, 0.29) is 11.5 Å². The minimum atomic E-state index is -0.0490. The van der Waals surface area contributed by atoms with E-state index < -0.39 is 0 Å². The highest BCUT2D eigenvalue weighted by Gasteiger charge is 2.10. The minimum absolute atomic E-state index is 0.0490. The van der Waals surface area contributed by atoms with Crippen molar-refractivity contribution in [3.05, 3.63) is 39.4 Å². The molecular formula is C19H27N3O2S. The molecule has 1 heterocycles. The fourth-order valence-corrected chi connectivity index (χ4v) is 3.25. The molecule has 0 atom stereocenters. The topological polar surface area (TPSA) is 58.1 Å². The first-order valence-electron chi connectivity index (χ1n) is 8.86. The van der Waals surface area contributed by atoms with Crippen LogP contribution in [-0.4, -0.2) is 34.0 Å². The molecule has 0 saturated heterocycles. The molecule has 0 unspecified atom stereocenters. The van der Waals surface area contributed by atoms with Crippen LogP contribution in [-0.2, 0) is 11.3 Å². The summed E-state index contributed by atoms with van der Waals surface area (Å²) in [6.07, 6.45) is 3.12. The molecule has 0 bridgehead atoms. The average molecular weight is 362 g/mol. The van der Waals surface area contributed by atoms with Gasteiger partial charge in [0, 0.05) is 26.6 Å². The number of fused-ring (bicyclic) bond motifs is 1. The van der Waals surface area contributed by atoms with Gasteiger partial charge in [0.15, 0.2) is 4.77 Å². The van der Waals surface area contributed by atoms with Gasteiger partial charge < -0.3 is 9.88 Å². The summed E-state index contributed by atoms with van der Waals surface area (Å²) in [5.41, 5.74) is 0.722. The lowest BCUT2D eigenvalue weighted by Crippen LogP contribution is -2.30. The SMILES string of the molecule is CC(C)CN(C)C(=O)CCCCCn1c(=S)[nH]c2ccccc2c1=O. The Morgan fingerprint density at radius 3 is 2.68 bits per heavy atom. The summed E-state index contributed by atoms with van der Waals surface area (Å²) < 4.78 is 2.07. The van der Waals surface area contributed by atoms with E-state index in [9.17, 15) is 9.59 Å². The van der Waals surface area contributed by atoms with Crippen molar-refractivity contribution in [1.29, 1.82) is 0 Å². The van der Waals surface area contributed by atoms with Crippen LogP contribution in [0.4, 0.5) is 0 Å². The lowest BCUT2D eigenvalue weighted by molar-refractivity contribution is -0.130. The van der Waals surface area contributed by atoms with Crippen LogP contribution in [0.5, 0.6) is 0 Å². The molecule has 5 nitrogen and oxygen atoms in total. The minimum Gasteiger partial charge on any atom is -0.346 e. The Bertz CT molecular complexity index is 838. The van der Waals surface area contributed by atoms with E-state index in [1.807, 2.05) is 31.3 Å². The third-order valence-corrected chi connectivity index (χ3v) is 4.55. The van der Waals surface area contributed by atoms with E-state index in [1.165, 1.54) is 0 Å². The molecule has 0 aliphatic carbocycles. The normalized spacial score (nSPS) is 11.2. The maximum absolute atomic E-state index is 12.5. The van der Waals surface area contributed by atoms with Crippen molar-refractivity contribution in [3.8, 4) is 0 Å². The number of para-hydroxylation sites is 1. The molecule has 1 aromatic heterocycles. The molecule has 2 aromatic rings. The highest BCUT2D eigenvalue weighted by Crippen LogP contribution is 2.08. The highest BCUT2D eigenvalue weighted by atomic mass is 32.1. The van der Waals surface area contributed by atoms with E-state index in [1.54, 1.807) is 9.47 Å². The molecular weight excluding hydrogens is 334 g/mol. The fraction of sp³-hybridized carbons (Fsp3) is 0.526. The van der Waals surface area contributed by atoms with Crippen LogP contribution >= 0.6 is 12.2 Å². The van der Waals surface area contributed by atoms with Crippen LogP contribution in [0, 0.1) is 10.7 Å². The summed E-state index contributed by atoms with van der Waals surface area (Å²) in [5, 5.41) is 0.654. The maximum atomic E-state index is 12.5. The van der Waals surface area contributed by atoms with Crippen molar-refractivity contribution in [2.75, 3.05) is 13.6 Å².